The number of fused-ring (bicyclic) bond motifs is 3. The Hall–Kier alpha value is -3.73. The maximum Gasteiger partial charge on any atom is 0.180 e. The molecular weight excluding hydrogens is 551 g/mol. The van der Waals surface area contributed by atoms with Crippen molar-refractivity contribution in [3.63, 3.8) is 0 Å². The molecule has 0 bridgehead atoms. The van der Waals surface area contributed by atoms with E-state index in [1.54, 1.807) is 6.21 Å². The van der Waals surface area contributed by atoms with E-state index in [1.807, 2.05) is 43.3 Å². The molecule has 4 aromatic carbocycles. The Morgan fingerprint density at radius 3 is 2.54 bits per heavy atom. The second kappa shape index (κ2) is 12.0. The van der Waals surface area contributed by atoms with Crippen LogP contribution < -0.4 is 14.8 Å². The number of hydrogen-bond donors (Lipinski definition) is 1. The molecule has 1 heterocycles. The lowest BCUT2D eigenvalue weighted by Crippen LogP contribution is -2.29. The second-order valence-corrected chi connectivity index (χ2v) is 11.4. The number of anilines is 1. The smallest absolute Gasteiger partial charge is 0.180 e. The minimum absolute atomic E-state index is 0.260. The Morgan fingerprint density at radius 2 is 1.76 bits per heavy atom. The second-order valence-electron chi connectivity index (χ2n) is 10.6. The highest BCUT2D eigenvalue weighted by atomic mass is 35.5. The van der Waals surface area contributed by atoms with Crippen molar-refractivity contribution in [1.29, 1.82) is 0 Å². The van der Waals surface area contributed by atoms with Crippen molar-refractivity contribution in [2.24, 2.45) is 10.9 Å². The van der Waals surface area contributed by atoms with Crippen LogP contribution in [-0.4, -0.2) is 12.8 Å². The van der Waals surface area contributed by atoms with Crippen LogP contribution in [0.1, 0.15) is 53.1 Å². The minimum Gasteiger partial charge on any atom is -0.490 e. The monoisotopic (exact) mass is 582 g/mol. The van der Waals surface area contributed by atoms with Crippen molar-refractivity contribution in [3.05, 3.63) is 129 Å². The van der Waals surface area contributed by atoms with Gasteiger partial charge in [-0.2, -0.15) is 0 Å². The van der Waals surface area contributed by atoms with Gasteiger partial charge in [-0.3, -0.25) is 4.99 Å². The molecule has 6 rings (SSSR count). The van der Waals surface area contributed by atoms with Crippen LogP contribution >= 0.6 is 23.2 Å². The van der Waals surface area contributed by atoms with Crippen LogP contribution in [0.5, 0.6) is 11.5 Å². The zero-order chi connectivity index (χ0) is 28.3. The molecule has 0 aromatic heterocycles. The number of nitrogens with zero attached hydrogens (tertiary/aromatic N) is 1. The molecule has 2 aliphatic rings. The molecular formula is C35H32Cl2N2O2. The molecule has 1 N–H and O–H groups in total. The lowest BCUT2D eigenvalue weighted by atomic mass is 9.76. The summed E-state index contributed by atoms with van der Waals surface area (Å²) in [5, 5.41) is 4.98. The topological polar surface area (TPSA) is 42.8 Å². The number of aryl methyl sites for hydroxylation is 1. The molecule has 0 amide bonds. The Balaban J connectivity index is 1.17. The Bertz CT molecular complexity index is 1600. The van der Waals surface area contributed by atoms with Crippen molar-refractivity contribution in [2.45, 2.75) is 38.8 Å². The first-order valence-electron chi connectivity index (χ1n) is 14.0. The van der Waals surface area contributed by atoms with E-state index in [-0.39, 0.29) is 6.04 Å². The van der Waals surface area contributed by atoms with Gasteiger partial charge in [0.05, 0.1) is 23.4 Å². The fourth-order valence-corrected chi connectivity index (χ4v) is 6.16. The summed E-state index contributed by atoms with van der Waals surface area (Å²) >= 11 is 12.6. The van der Waals surface area contributed by atoms with Crippen molar-refractivity contribution < 1.29 is 9.47 Å². The normalized spacial score (nSPS) is 19.1. The first kappa shape index (κ1) is 27.4. The quantitative estimate of drug-likeness (QED) is 0.166. The molecule has 0 unspecified atom stereocenters. The molecule has 4 nitrogen and oxygen atoms in total. The van der Waals surface area contributed by atoms with Crippen molar-refractivity contribution >= 4 is 40.8 Å². The third-order valence-electron chi connectivity index (χ3n) is 7.76. The number of halogens is 2. The third kappa shape index (κ3) is 6.00. The summed E-state index contributed by atoms with van der Waals surface area (Å²) in [6.07, 6.45) is 7.60. The highest BCUT2D eigenvalue weighted by molar-refractivity contribution is 6.32. The number of aliphatic imine (C=N–C) groups is 1. The van der Waals surface area contributed by atoms with Crippen LogP contribution in [0.15, 0.2) is 96.0 Å². The first-order valence-corrected chi connectivity index (χ1v) is 14.8. The lowest BCUT2D eigenvalue weighted by molar-refractivity contribution is 0.269. The predicted octanol–water partition coefficient (Wildman–Crippen LogP) is 9.86. The Morgan fingerprint density at radius 1 is 0.951 bits per heavy atom. The van der Waals surface area contributed by atoms with Crippen LogP contribution in [0.2, 0.25) is 10.0 Å². The van der Waals surface area contributed by atoms with Crippen molar-refractivity contribution in [2.75, 3.05) is 11.9 Å². The molecule has 0 fully saturated rings. The summed E-state index contributed by atoms with van der Waals surface area (Å²) in [4.78, 5) is 4.72. The zero-order valence-corrected chi connectivity index (χ0v) is 24.6. The number of nitrogens with one attached hydrogen (secondary N) is 1. The van der Waals surface area contributed by atoms with Crippen molar-refractivity contribution in [3.8, 4) is 11.5 Å². The summed E-state index contributed by atoms with van der Waals surface area (Å²) in [6.45, 7) is 4.95. The number of allylic oxidation sites excluding steroid dienone is 2. The number of hydrogen-bond acceptors (Lipinski definition) is 4. The van der Waals surface area contributed by atoms with E-state index in [9.17, 15) is 0 Å². The van der Waals surface area contributed by atoms with Gasteiger partial charge in [0.25, 0.3) is 0 Å². The van der Waals surface area contributed by atoms with Gasteiger partial charge in [-0.05, 0) is 90.9 Å². The van der Waals surface area contributed by atoms with Gasteiger partial charge in [-0.1, -0.05) is 77.3 Å². The molecule has 3 atom stereocenters. The summed E-state index contributed by atoms with van der Waals surface area (Å²) in [7, 11) is 0. The Kier molecular flexibility index (Phi) is 8.04. The van der Waals surface area contributed by atoms with E-state index in [1.165, 1.54) is 22.4 Å². The van der Waals surface area contributed by atoms with Gasteiger partial charge >= 0.3 is 0 Å². The van der Waals surface area contributed by atoms with Gasteiger partial charge in [-0.15, -0.1) is 0 Å². The fraction of sp³-hybridized carbons (Fsp3) is 0.229. The fourth-order valence-electron chi connectivity index (χ4n) is 5.76. The minimum atomic E-state index is 0.260. The van der Waals surface area contributed by atoms with Gasteiger partial charge < -0.3 is 14.8 Å². The molecule has 0 saturated carbocycles. The highest BCUT2D eigenvalue weighted by Gasteiger charge is 2.37. The first-order chi connectivity index (χ1) is 20.0. The SMILES string of the molecule is CCOc1cc(C=Nc2ccc([C@@H]3Nc4ccc(C)cc4[C@@H]4C=CC[C@@H]43)cc2)cc(Cl)c1OCc1ccc(Cl)cc1. The molecule has 4 aromatic rings. The Labute approximate surface area is 251 Å². The van der Waals surface area contributed by atoms with Gasteiger partial charge in [0.15, 0.2) is 11.5 Å². The third-order valence-corrected chi connectivity index (χ3v) is 8.29. The lowest BCUT2D eigenvalue weighted by Gasteiger charge is -2.37. The standard InChI is InChI=1S/C35H32Cl2N2O2/c1-3-40-33-19-24(18-31(37)35(33)41-21-23-8-12-26(36)13-9-23)20-38-27-14-10-25(11-15-27)34-29-6-4-5-28(29)30-17-22(2)7-16-32(30)39-34/h4-5,7-20,28-29,34,39H,3,6,21H2,1-2H3/t28-,29+,34+/m1/s1. The van der Waals surface area contributed by atoms with E-state index in [2.05, 4.69) is 66.9 Å². The van der Waals surface area contributed by atoms with E-state index in [0.29, 0.717) is 46.6 Å². The summed E-state index contributed by atoms with van der Waals surface area (Å²) in [6, 6.07) is 26.8. The van der Waals surface area contributed by atoms with Crippen LogP contribution in [0.3, 0.4) is 0 Å². The number of rotatable bonds is 8. The largest absolute Gasteiger partial charge is 0.490 e. The van der Waals surface area contributed by atoms with Gasteiger partial charge in [0, 0.05) is 22.8 Å². The van der Waals surface area contributed by atoms with E-state index in [0.717, 1.165) is 23.2 Å². The molecule has 0 spiro atoms. The van der Waals surface area contributed by atoms with Crippen LogP contribution in [0, 0.1) is 12.8 Å². The summed E-state index contributed by atoms with van der Waals surface area (Å²) in [5.74, 6) is 2.07. The molecule has 0 saturated heterocycles. The highest BCUT2D eigenvalue weighted by Crippen LogP contribution is 2.50. The van der Waals surface area contributed by atoms with E-state index >= 15 is 0 Å². The maximum absolute atomic E-state index is 6.64. The average Bonchev–Trinajstić information content (AvgIpc) is 3.47. The molecule has 1 aliphatic heterocycles. The average molecular weight is 584 g/mol. The van der Waals surface area contributed by atoms with Crippen LogP contribution in [0.25, 0.3) is 0 Å². The number of benzene rings is 4. The van der Waals surface area contributed by atoms with E-state index < -0.39 is 0 Å². The van der Waals surface area contributed by atoms with Gasteiger partial charge in [0.2, 0.25) is 0 Å². The molecule has 6 heteroatoms. The molecule has 208 valence electrons. The van der Waals surface area contributed by atoms with Crippen LogP contribution in [-0.2, 0) is 6.61 Å². The summed E-state index contributed by atoms with van der Waals surface area (Å²) in [5.41, 5.74) is 7.92. The maximum atomic E-state index is 6.64. The van der Waals surface area contributed by atoms with Gasteiger partial charge in [0.1, 0.15) is 6.61 Å². The zero-order valence-electron chi connectivity index (χ0n) is 23.1. The van der Waals surface area contributed by atoms with Crippen molar-refractivity contribution in [1.82, 2.24) is 0 Å². The molecule has 41 heavy (non-hydrogen) atoms. The number of ether oxygens (including phenoxy) is 2. The summed E-state index contributed by atoms with van der Waals surface area (Å²) < 4.78 is 11.9. The molecule has 1 aliphatic carbocycles. The van der Waals surface area contributed by atoms with E-state index in [4.69, 9.17) is 37.7 Å². The molecule has 0 radical (unpaired) electrons. The van der Waals surface area contributed by atoms with Gasteiger partial charge in [-0.25, -0.2) is 0 Å². The van der Waals surface area contributed by atoms with Crippen LogP contribution in [0.4, 0.5) is 11.4 Å². The predicted molar refractivity (Wildman–Crippen MR) is 170 cm³/mol.